The summed E-state index contributed by atoms with van der Waals surface area (Å²) in [4.78, 5) is 0. The van der Waals surface area contributed by atoms with Gasteiger partial charge in [-0.1, -0.05) is 36.7 Å². The Morgan fingerprint density at radius 3 is 1.60 bits per heavy atom. The molecule has 1 heteroatoms. The van der Waals surface area contributed by atoms with Crippen molar-refractivity contribution in [3.8, 4) is 11.5 Å². The lowest BCUT2D eigenvalue weighted by atomic mass is 9.98. The molecule has 0 nitrogen and oxygen atoms in total. The molecule has 0 spiro atoms. The zero-order valence-electron chi connectivity index (χ0n) is 11.1. The standard InChI is InChI=1S/C14H22Si/c1-10-11(2)13(4)14(12(10)3)8-9-15(5,6)7/h14H,1-7H3. The second-order valence-corrected chi connectivity index (χ2v) is 10.3. The quantitative estimate of drug-likeness (QED) is 0.423. The van der Waals surface area contributed by atoms with E-state index in [9.17, 15) is 0 Å². The highest BCUT2D eigenvalue weighted by Crippen LogP contribution is 2.35. The molecule has 0 N–H and O–H groups in total. The highest BCUT2D eigenvalue weighted by Gasteiger charge is 2.22. The molecule has 0 heterocycles. The minimum atomic E-state index is -1.23. The topological polar surface area (TPSA) is 0 Å². The van der Waals surface area contributed by atoms with E-state index in [2.05, 4.69) is 58.8 Å². The van der Waals surface area contributed by atoms with Gasteiger partial charge in [0.2, 0.25) is 0 Å². The molecule has 82 valence electrons. The molecule has 0 saturated heterocycles. The molecule has 0 aromatic carbocycles. The Labute approximate surface area is 95.5 Å². The molecule has 15 heavy (non-hydrogen) atoms. The molecule has 0 unspecified atom stereocenters. The molecular weight excluding hydrogens is 196 g/mol. The molecule has 0 aromatic heterocycles. The van der Waals surface area contributed by atoms with E-state index in [1.165, 1.54) is 22.3 Å². The molecular formula is C14H22Si. The second-order valence-electron chi connectivity index (χ2n) is 5.57. The lowest BCUT2D eigenvalue weighted by Crippen LogP contribution is -2.17. The molecule has 0 aromatic rings. The highest BCUT2D eigenvalue weighted by atomic mass is 28.3. The predicted molar refractivity (Wildman–Crippen MR) is 71.4 cm³/mol. The molecule has 0 amide bonds. The molecule has 0 aliphatic heterocycles. The number of hydrogen-bond acceptors (Lipinski definition) is 0. The summed E-state index contributed by atoms with van der Waals surface area (Å²) in [6, 6.07) is 0. The molecule has 1 aliphatic carbocycles. The van der Waals surface area contributed by atoms with E-state index in [0.29, 0.717) is 5.92 Å². The Kier molecular flexibility index (Phi) is 3.30. The maximum atomic E-state index is 3.49. The van der Waals surface area contributed by atoms with E-state index in [-0.39, 0.29) is 0 Å². The van der Waals surface area contributed by atoms with Gasteiger partial charge in [0.1, 0.15) is 8.07 Å². The molecule has 0 atom stereocenters. The number of allylic oxidation sites excluding steroid dienone is 4. The first-order valence-electron chi connectivity index (χ1n) is 5.62. The third-order valence-corrected chi connectivity index (χ3v) is 4.10. The third kappa shape index (κ3) is 2.63. The average Bonchev–Trinajstić information content (AvgIpc) is 2.28. The van der Waals surface area contributed by atoms with Crippen LogP contribution in [0.25, 0.3) is 0 Å². The molecule has 1 aliphatic rings. The van der Waals surface area contributed by atoms with Gasteiger partial charge in [-0.15, -0.1) is 5.54 Å². The smallest absolute Gasteiger partial charge is 0.129 e. The van der Waals surface area contributed by atoms with Crippen LogP contribution in [-0.4, -0.2) is 8.07 Å². The van der Waals surface area contributed by atoms with Crippen LogP contribution < -0.4 is 0 Å². The van der Waals surface area contributed by atoms with Crippen molar-refractivity contribution >= 4 is 8.07 Å². The normalized spacial score (nSPS) is 18.3. The summed E-state index contributed by atoms with van der Waals surface area (Å²) in [7, 11) is -1.23. The minimum Gasteiger partial charge on any atom is -0.131 e. The molecule has 0 radical (unpaired) electrons. The van der Waals surface area contributed by atoms with Crippen molar-refractivity contribution in [1.82, 2.24) is 0 Å². The van der Waals surface area contributed by atoms with Gasteiger partial charge in [0, 0.05) is 0 Å². The molecule has 0 bridgehead atoms. The summed E-state index contributed by atoms with van der Waals surface area (Å²) in [5, 5.41) is 0. The fourth-order valence-corrected chi connectivity index (χ4v) is 2.43. The summed E-state index contributed by atoms with van der Waals surface area (Å²) in [6.45, 7) is 15.8. The Hall–Kier alpha value is -0.743. The first-order chi connectivity index (χ1) is 6.74. The van der Waals surface area contributed by atoms with E-state index >= 15 is 0 Å². The van der Waals surface area contributed by atoms with Crippen LogP contribution in [0.3, 0.4) is 0 Å². The van der Waals surface area contributed by atoms with E-state index in [1.54, 1.807) is 0 Å². The van der Waals surface area contributed by atoms with E-state index in [0.717, 1.165) is 0 Å². The van der Waals surface area contributed by atoms with Crippen molar-refractivity contribution < 1.29 is 0 Å². The Bertz CT molecular complexity index is 367. The third-order valence-electron chi connectivity index (χ3n) is 3.20. The van der Waals surface area contributed by atoms with Gasteiger partial charge < -0.3 is 0 Å². The van der Waals surface area contributed by atoms with Gasteiger partial charge in [-0.05, 0) is 38.8 Å². The van der Waals surface area contributed by atoms with Crippen molar-refractivity contribution in [2.75, 3.05) is 0 Å². The van der Waals surface area contributed by atoms with Gasteiger partial charge in [0.25, 0.3) is 0 Å². The molecule has 0 fully saturated rings. The van der Waals surface area contributed by atoms with Crippen LogP contribution in [0, 0.1) is 17.4 Å². The predicted octanol–water partition coefficient (Wildman–Crippen LogP) is 4.17. The number of rotatable bonds is 0. The van der Waals surface area contributed by atoms with E-state index in [4.69, 9.17) is 0 Å². The Morgan fingerprint density at radius 1 is 0.867 bits per heavy atom. The van der Waals surface area contributed by atoms with Crippen molar-refractivity contribution in [3.63, 3.8) is 0 Å². The van der Waals surface area contributed by atoms with Crippen LogP contribution in [-0.2, 0) is 0 Å². The highest BCUT2D eigenvalue weighted by molar-refractivity contribution is 6.83. The fourth-order valence-electron chi connectivity index (χ4n) is 1.85. The van der Waals surface area contributed by atoms with Crippen LogP contribution in [0.5, 0.6) is 0 Å². The van der Waals surface area contributed by atoms with Crippen molar-refractivity contribution in [2.45, 2.75) is 47.3 Å². The van der Waals surface area contributed by atoms with E-state index < -0.39 is 8.07 Å². The van der Waals surface area contributed by atoms with E-state index in [1.807, 2.05) is 0 Å². The first-order valence-corrected chi connectivity index (χ1v) is 9.12. The average molecular weight is 218 g/mol. The van der Waals surface area contributed by atoms with Crippen molar-refractivity contribution in [1.29, 1.82) is 0 Å². The summed E-state index contributed by atoms with van der Waals surface area (Å²) in [6.07, 6.45) is 0. The van der Waals surface area contributed by atoms with Crippen molar-refractivity contribution in [2.24, 2.45) is 5.92 Å². The summed E-state index contributed by atoms with van der Waals surface area (Å²) in [5.41, 5.74) is 9.29. The van der Waals surface area contributed by atoms with Crippen LogP contribution >= 0.6 is 0 Å². The Balaban J connectivity index is 3.04. The monoisotopic (exact) mass is 218 g/mol. The van der Waals surface area contributed by atoms with Gasteiger partial charge in [-0.25, -0.2) is 0 Å². The van der Waals surface area contributed by atoms with Crippen LogP contribution in [0.4, 0.5) is 0 Å². The fraction of sp³-hybridized carbons (Fsp3) is 0.571. The van der Waals surface area contributed by atoms with Gasteiger partial charge in [-0.3, -0.25) is 0 Å². The van der Waals surface area contributed by atoms with Crippen molar-refractivity contribution in [3.05, 3.63) is 22.3 Å². The second kappa shape index (κ2) is 4.02. The minimum absolute atomic E-state index is 0.400. The van der Waals surface area contributed by atoms with Crippen LogP contribution in [0.2, 0.25) is 19.6 Å². The SMILES string of the molecule is CC1=C(C)C(C#C[Si](C)(C)C)C(C)=C1C. The molecule has 0 saturated carbocycles. The van der Waals surface area contributed by atoms with Gasteiger partial charge in [0.15, 0.2) is 0 Å². The molecule has 1 rings (SSSR count). The van der Waals surface area contributed by atoms with Gasteiger partial charge in [-0.2, -0.15) is 0 Å². The Morgan fingerprint density at radius 2 is 1.27 bits per heavy atom. The van der Waals surface area contributed by atoms with Crippen LogP contribution in [0.1, 0.15) is 27.7 Å². The first kappa shape index (κ1) is 12.3. The lowest BCUT2D eigenvalue weighted by Gasteiger charge is -2.09. The van der Waals surface area contributed by atoms with Gasteiger partial charge in [0.05, 0.1) is 5.92 Å². The van der Waals surface area contributed by atoms with Gasteiger partial charge >= 0.3 is 0 Å². The zero-order valence-corrected chi connectivity index (χ0v) is 12.1. The summed E-state index contributed by atoms with van der Waals surface area (Å²) < 4.78 is 0. The summed E-state index contributed by atoms with van der Waals surface area (Å²) >= 11 is 0. The maximum absolute atomic E-state index is 3.49. The maximum Gasteiger partial charge on any atom is 0.129 e. The largest absolute Gasteiger partial charge is 0.131 e. The number of hydrogen-bond donors (Lipinski definition) is 0. The zero-order chi connectivity index (χ0) is 11.8. The summed E-state index contributed by atoms with van der Waals surface area (Å²) in [5.74, 6) is 3.88. The lowest BCUT2D eigenvalue weighted by molar-refractivity contribution is 0.943. The van der Waals surface area contributed by atoms with Crippen LogP contribution in [0.15, 0.2) is 22.3 Å².